The molecule has 1 fully saturated rings. The van der Waals surface area contributed by atoms with E-state index in [1.807, 2.05) is 0 Å². The highest BCUT2D eigenvalue weighted by Crippen LogP contribution is 2.29. The first kappa shape index (κ1) is 19.2. The number of aliphatic carboxylic acids is 1. The fourth-order valence-corrected chi connectivity index (χ4v) is 2.32. The Morgan fingerprint density at radius 3 is 2.35 bits per heavy atom. The molecule has 0 bridgehead atoms. The molecule has 1 heterocycles. The van der Waals surface area contributed by atoms with Crippen molar-refractivity contribution >= 4 is 30.0 Å². The third-order valence-electron chi connectivity index (χ3n) is 3.48. The molecule has 1 atom stereocenters. The molecule has 0 radical (unpaired) electrons. The highest BCUT2D eigenvalue weighted by molar-refractivity contribution is 5.92. The summed E-state index contributed by atoms with van der Waals surface area (Å²) in [6, 6.07) is 4.16. The lowest BCUT2D eigenvalue weighted by atomic mass is 10.1. The van der Waals surface area contributed by atoms with Gasteiger partial charge in [0.1, 0.15) is 0 Å². The van der Waals surface area contributed by atoms with Gasteiger partial charge in [0, 0.05) is 12.2 Å². The Bertz CT molecular complexity index is 563. The monoisotopic (exact) mass is 352 g/mol. The summed E-state index contributed by atoms with van der Waals surface area (Å²) in [6.07, 6.45) is -3.92. The molecule has 1 amide bonds. The lowest BCUT2D eigenvalue weighted by molar-refractivity contribution is -0.141. The maximum absolute atomic E-state index is 12.4. The van der Waals surface area contributed by atoms with Crippen molar-refractivity contribution in [1.82, 2.24) is 4.90 Å². The first-order valence-electron chi connectivity index (χ1n) is 6.68. The quantitative estimate of drug-likeness (QED) is 0.873. The maximum Gasteiger partial charge on any atom is 0.416 e. The minimum atomic E-state index is -4.41. The van der Waals surface area contributed by atoms with Crippen LogP contribution < -0.4 is 5.32 Å². The van der Waals surface area contributed by atoms with Crippen molar-refractivity contribution in [3.05, 3.63) is 29.8 Å². The summed E-state index contributed by atoms with van der Waals surface area (Å²) < 4.78 is 37.2. The van der Waals surface area contributed by atoms with Gasteiger partial charge < -0.3 is 10.4 Å². The van der Waals surface area contributed by atoms with Crippen LogP contribution in [0.5, 0.6) is 0 Å². The molecular weight excluding hydrogens is 337 g/mol. The Kier molecular flexibility index (Phi) is 6.40. The number of nitrogens with one attached hydrogen (secondary N) is 1. The number of likely N-dealkylation sites (tertiary alicyclic amines) is 1. The van der Waals surface area contributed by atoms with Gasteiger partial charge in [-0.25, -0.2) is 0 Å². The molecule has 2 rings (SSSR count). The lowest BCUT2D eigenvalue weighted by Crippen LogP contribution is -2.32. The minimum Gasteiger partial charge on any atom is -0.481 e. The van der Waals surface area contributed by atoms with Gasteiger partial charge in [-0.1, -0.05) is 0 Å². The van der Waals surface area contributed by atoms with Crippen LogP contribution in [0.25, 0.3) is 0 Å². The van der Waals surface area contributed by atoms with Gasteiger partial charge in [0.15, 0.2) is 0 Å². The molecule has 0 aromatic heterocycles. The Morgan fingerprint density at radius 2 is 1.87 bits per heavy atom. The summed E-state index contributed by atoms with van der Waals surface area (Å²) in [5, 5.41) is 11.4. The second-order valence-corrected chi connectivity index (χ2v) is 5.18. The Hall–Kier alpha value is -1.80. The predicted octanol–water partition coefficient (Wildman–Crippen LogP) is 2.47. The number of carboxylic acid groups (broad SMARTS) is 1. The Labute approximate surface area is 136 Å². The third-order valence-corrected chi connectivity index (χ3v) is 3.48. The number of alkyl halides is 3. The number of hydrogen-bond acceptors (Lipinski definition) is 3. The van der Waals surface area contributed by atoms with E-state index < -0.39 is 23.6 Å². The molecule has 1 saturated heterocycles. The number of hydrogen-bond donors (Lipinski definition) is 2. The Morgan fingerprint density at radius 1 is 1.26 bits per heavy atom. The van der Waals surface area contributed by atoms with Gasteiger partial charge in [-0.05, 0) is 37.2 Å². The van der Waals surface area contributed by atoms with Crippen molar-refractivity contribution < 1.29 is 27.9 Å². The van der Waals surface area contributed by atoms with E-state index in [2.05, 4.69) is 5.32 Å². The number of benzene rings is 1. The summed E-state index contributed by atoms with van der Waals surface area (Å²) in [6.45, 7) is 0.831. The van der Waals surface area contributed by atoms with E-state index in [1.54, 1.807) is 4.90 Å². The van der Waals surface area contributed by atoms with E-state index in [0.29, 0.717) is 19.5 Å². The SMILES string of the molecule is Cl.O=C(CN1CCC(C(=O)O)C1)Nc1ccc(C(F)(F)F)cc1. The minimum absolute atomic E-state index is 0. The molecule has 23 heavy (non-hydrogen) atoms. The molecule has 1 aromatic rings. The van der Waals surface area contributed by atoms with Crippen LogP contribution >= 0.6 is 12.4 Å². The van der Waals surface area contributed by atoms with Crippen LogP contribution in [0.15, 0.2) is 24.3 Å². The second-order valence-electron chi connectivity index (χ2n) is 5.18. The van der Waals surface area contributed by atoms with Crippen LogP contribution in [0.2, 0.25) is 0 Å². The van der Waals surface area contributed by atoms with Gasteiger partial charge in [-0.15, -0.1) is 12.4 Å². The molecule has 1 aliphatic heterocycles. The molecule has 1 aromatic carbocycles. The summed E-state index contributed by atoms with van der Waals surface area (Å²) >= 11 is 0. The van der Waals surface area contributed by atoms with Crippen molar-refractivity contribution in [2.45, 2.75) is 12.6 Å². The molecule has 0 spiro atoms. The van der Waals surface area contributed by atoms with E-state index in [1.165, 1.54) is 12.1 Å². The largest absolute Gasteiger partial charge is 0.481 e. The molecule has 0 saturated carbocycles. The maximum atomic E-state index is 12.4. The zero-order valence-corrected chi connectivity index (χ0v) is 12.8. The lowest BCUT2D eigenvalue weighted by Gasteiger charge is -2.15. The highest BCUT2D eigenvalue weighted by atomic mass is 35.5. The van der Waals surface area contributed by atoms with E-state index in [4.69, 9.17) is 5.11 Å². The van der Waals surface area contributed by atoms with Crippen LogP contribution in [0.3, 0.4) is 0 Å². The zero-order chi connectivity index (χ0) is 16.3. The van der Waals surface area contributed by atoms with E-state index in [-0.39, 0.29) is 30.5 Å². The molecular formula is C14H16ClF3N2O3. The first-order valence-corrected chi connectivity index (χ1v) is 6.68. The van der Waals surface area contributed by atoms with Crippen molar-refractivity contribution in [1.29, 1.82) is 0 Å². The summed E-state index contributed by atoms with van der Waals surface area (Å²) in [5.41, 5.74) is -0.513. The number of anilines is 1. The van der Waals surface area contributed by atoms with Gasteiger partial charge in [0.25, 0.3) is 0 Å². The van der Waals surface area contributed by atoms with Crippen molar-refractivity contribution in [2.24, 2.45) is 5.92 Å². The predicted molar refractivity (Wildman–Crippen MR) is 79.5 cm³/mol. The average Bonchev–Trinajstić information content (AvgIpc) is 2.86. The van der Waals surface area contributed by atoms with E-state index in [9.17, 15) is 22.8 Å². The fraction of sp³-hybridized carbons (Fsp3) is 0.429. The molecule has 2 N–H and O–H groups in total. The van der Waals surface area contributed by atoms with Crippen LogP contribution in [-0.4, -0.2) is 41.5 Å². The van der Waals surface area contributed by atoms with Gasteiger partial charge in [0.2, 0.25) is 5.91 Å². The van der Waals surface area contributed by atoms with Crippen LogP contribution in [0.4, 0.5) is 18.9 Å². The van der Waals surface area contributed by atoms with Crippen LogP contribution in [0, 0.1) is 5.92 Å². The normalized spacial score (nSPS) is 18.3. The standard InChI is InChI=1S/C14H15F3N2O3.ClH/c15-14(16,17)10-1-3-11(4-2-10)18-12(20)8-19-6-5-9(7-19)13(21)22;/h1-4,9H,5-8H2,(H,18,20)(H,21,22);1H. The van der Waals surface area contributed by atoms with Gasteiger partial charge in [-0.2, -0.15) is 13.2 Å². The summed E-state index contributed by atoms with van der Waals surface area (Å²) in [5.74, 6) is -1.74. The molecule has 1 aliphatic rings. The number of rotatable bonds is 4. The number of nitrogens with zero attached hydrogens (tertiary/aromatic N) is 1. The van der Waals surface area contributed by atoms with E-state index >= 15 is 0 Å². The van der Waals surface area contributed by atoms with Crippen molar-refractivity contribution in [2.75, 3.05) is 25.0 Å². The number of amides is 1. The average molecular weight is 353 g/mol. The molecule has 5 nitrogen and oxygen atoms in total. The van der Waals surface area contributed by atoms with Crippen molar-refractivity contribution in [3.63, 3.8) is 0 Å². The first-order chi connectivity index (χ1) is 10.3. The molecule has 0 aliphatic carbocycles. The topological polar surface area (TPSA) is 69.6 Å². The number of carboxylic acids is 1. The van der Waals surface area contributed by atoms with Crippen molar-refractivity contribution in [3.8, 4) is 0 Å². The molecule has 1 unspecified atom stereocenters. The van der Waals surface area contributed by atoms with Crippen LogP contribution in [0.1, 0.15) is 12.0 Å². The zero-order valence-electron chi connectivity index (χ0n) is 12.0. The number of halogens is 4. The number of carbonyl (C=O) groups is 2. The number of carbonyl (C=O) groups excluding carboxylic acids is 1. The summed E-state index contributed by atoms with van der Waals surface area (Å²) in [7, 11) is 0. The second kappa shape index (κ2) is 7.65. The highest BCUT2D eigenvalue weighted by Gasteiger charge is 2.30. The van der Waals surface area contributed by atoms with Gasteiger partial charge >= 0.3 is 12.1 Å². The molecule has 128 valence electrons. The van der Waals surface area contributed by atoms with Gasteiger partial charge in [0.05, 0.1) is 18.0 Å². The van der Waals surface area contributed by atoms with Gasteiger partial charge in [-0.3, -0.25) is 14.5 Å². The van der Waals surface area contributed by atoms with Crippen LogP contribution in [-0.2, 0) is 15.8 Å². The van der Waals surface area contributed by atoms with E-state index in [0.717, 1.165) is 12.1 Å². The smallest absolute Gasteiger partial charge is 0.416 e. The third kappa shape index (κ3) is 5.40. The molecule has 9 heteroatoms. The summed E-state index contributed by atoms with van der Waals surface area (Å²) in [4.78, 5) is 24.3. The Balaban J connectivity index is 0.00000264. The fourth-order valence-electron chi connectivity index (χ4n) is 2.32.